The van der Waals surface area contributed by atoms with Gasteiger partial charge in [-0.15, -0.1) is 0 Å². The van der Waals surface area contributed by atoms with Crippen molar-refractivity contribution in [2.75, 3.05) is 12.8 Å². The zero-order valence-corrected chi connectivity index (χ0v) is 14.1. The van der Waals surface area contributed by atoms with Crippen LogP contribution in [0.15, 0.2) is 4.21 Å². The van der Waals surface area contributed by atoms with Crippen LogP contribution in [-0.4, -0.2) is 30.9 Å². The van der Waals surface area contributed by atoms with E-state index in [0.29, 0.717) is 12.2 Å². The Labute approximate surface area is 127 Å². The summed E-state index contributed by atoms with van der Waals surface area (Å²) in [6.07, 6.45) is 6.54. The van der Waals surface area contributed by atoms with Crippen molar-refractivity contribution in [2.24, 2.45) is 0 Å². The summed E-state index contributed by atoms with van der Waals surface area (Å²) < 4.78 is 27.8. The van der Waals surface area contributed by atoms with Crippen LogP contribution in [0.1, 0.15) is 31.4 Å². The van der Waals surface area contributed by atoms with Crippen molar-refractivity contribution in [1.29, 1.82) is 0 Å². The van der Waals surface area contributed by atoms with E-state index in [1.165, 1.54) is 12.8 Å². The van der Waals surface area contributed by atoms with E-state index in [0.717, 1.165) is 24.2 Å². The highest BCUT2D eigenvalue weighted by molar-refractivity contribution is 8.00. The van der Waals surface area contributed by atoms with Gasteiger partial charge in [-0.25, -0.2) is 18.1 Å². The summed E-state index contributed by atoms with van der Waals surface area (Å²) in [5, 5.41) is 0. The quantitative estimate of drug-likeness (QED) is 0.895. The zero-order valence-electron chi connectivity index (χ0n) is 10.9. The van der Waals surface area contributed by atoms with Gasteiger partial charge in [0.15, 0.2) is 8.68 Å². The normalized spacial score (nSPS) is 18.9. The predicted molar refractivity (Wildman–Crippen MR) is 81.8 cm³/mol. The van der Waals surface area contributed by atoms with Crippen LogP contribution in [0.2, 0.25) is 4.47 Å². The zero-order chi connectivity index (χ0) is 14.1. The van der Waals surface area contributed by atoms with Crippen LogP contribution in [0.5, 0.6) is 0 Å². The van der Waals surface area contributed by atoms with Gasteiger partial charge < -0.3 is 0 Å². The van der Waals surface area contributed by atoms with E-state index >= 15 is 0 Å². The molecule has 0 radical (unpaired) electrons. The molecule has 108 valence electrons. The van der Waals surface area contributed by atoms with Crippen LogP contribution < -0.4 is 4.72 Å². The fourth-order valence-electron chi connectivity index (χ4n) is 2.36. The lowest BCUT2D eigenvalue weighted by Gasteiger charge is -2.26. The van der Waals surface area contributed by atoms with Gasteiger partial charge in [0.05, 0.1) is 5.69 Å². The maximum atomic E-state index is 12.3. The van der Waals surface area contributed by atoms with Gasteiger partial charge in [0.1, 0.15) is 0 Å². The third-order valence-electron chi connectivity index (χ3n) is 3.50. The van der Waals surface area contributed by atoms with Crippen molar-refractivity contribution >= 4 is 44.7 Å². The van der Waals surface area contributed by atoms with E-state index < -0.39 is 10.0 Å². The molecular formula is C11H17ClN2O2S3. The number of sulfonamides is 1. The molecule has 0 atom stereocenters. The first-order valence-electron chi connectivity index (χ1n) is 6.06. The molecule has 1 fully saturated rings. The number of thiazole rings is 1. The third-order valence-corrected chi connectivity index (χ3v) is 8.20. The molecule has 1 heterocycles. The van der Waals surface area contributed by atoms with Crippen molar-refractivity contribution in [2.45, 2.75) is 41.6 Å². The minimum atomic E-state index is -3.50. The summed E-state index contributed by atoms with van der Waals surface area (Å²) in [5.41, 5.74) is 0.465. The van der Waals surface area contributed by atoms with Crippen molar-refractivity contribution < 1.29 is 8.42 Å². The van der Waals surface area contributed by atoms with E-state index in [-0.39, 0.29) is 13.4 Å². The molecular weight excluding hydrogens is 324 g/mol. The van der Waals surface area contributed by atoms with Gasteiger partial charge >= 0.3 is 0 Å². The molecule has 0 bridgehead atoms. The molecule has 19 heavy (non-hydrogen) atoms. The number of hydrogen-bond acceptors (Lipinski definition) is 5. The Morgan fingerprint density at radius 3 is 2.58 bits per heavy atom. The number of rotatable bonds is 5. The summed E-state index contributed by atoms with van der Waals surface area (Å²) >= 11 is 8.53. The summed E-state index contributed by atoms with van der Waals surface area (Å²) in [7, 11) is -3.50. The van der Waals surface area contributed by atoms with Crippen LogP contribution in [-0.2, 0) is 10.0 Å². The standard InChI is InChI=1S/C11H17ClN2O2S3/c1-8-9(18-10(12)14-8)19(15,16)13-7-11(17-2)5-3-4-6-11/h13H,3-7H2,1-2H3. The first-order chi connectivity index (χ1) is 8.88. The van der Waals surface area contributed by atoms with Gasteiger partial charge in [0.2, 0.25) is 0 Å². The molecule has 1 N–H and O–H groups in total. The van der Waals surface area contributed by atoms with Crippen molar-refractivity contribution in [3.63, 3.8) is 0 Å². The Hall–Kier alpha value is 0.180. The molecule has 4 nitrogen and oxygen atoms in total. The topological polar surface area (TPSA) is 59.1 Å². The highest BCUT2D eigenvalue weighted by atomic mass is 35.5. The van der Waals surface area contributed by atoms with E-state index in [2.05, 4.69) is 16.0 Å². The highest BCUT2D eigenvalue weighted by Gasteiger charge is 2.34. The molecule has 1 aromatic rings. The highest BCUT2D eigenvalue weighted by Crippen LogP contribution is 2.40. The Morgan fingerprint density at radius 1 is 1.47 bits per heavy atom. The summed E-state index contributed by atoms with van der Waals surface area (Å²) in [6.45, 7) is 2.14. The molecule has 0 spiro atoms. The lowest BCUT2D eigenvalue weighted by molar-refractivity contribution is 0.552. The van der Waals surface area contributed by atoms with Crippen LogP contribution in [0.3, 0.4) is 0 Å². The molecule has 1 aliphatic rings. The first-order valence-corrected chi connectivity index (χ1v) is 9.96. The lowest BCUT2D eigenvalue weighted by atomic mass is 10.1. The number of halogens is 1. The monoisotopic (exact) mass is 340 g/mol. The van der Waals surface area contributed by atoms with Gasteiger partial charge in [-0.05, 0) is 26.0 Å². The number of thioether (sulfide) groups is 1. The molecule has 0 amide bonds. The average molecular weight is 341 g/mol. The van der Waals surface area contributed by atoms with Gasteiger partial charge in [-0.2, -0.15) is 11.8 Å². The average Bonchev–Trinajstić information content (AvgIpc) is 2.95. The van der Waals surface area contributed by atoms with Crippen molar-refractivity contribution in [1.82, 2.24) is 9.71 Å². The fraction of sp³-hybridized carbons (Fsp3) is 0.727. The summed E-state index contributed by atoms with van der Waals surface area (Å²) in [6, 6.07) is 0. The minimum Gasteiger partial charge on any atom is -0.229 e. The van der Waals surface area contributed by atoms with Gasteiger partial charge in [-0.3, -0.25) is 0 Å². The van der Waals surface area contributed by atoms with Crippen LogP contribution in [0.25, 0.3) is 0 Å². The van der Waals surface area contributed by atoms with Crippen LogP contribution >= 0.6 is 34.7 Å². The molecule has 1 aromatic heterocycles. The summed E-state index contributed by atoms with van der Waals surface area (Å²) in [4.78, 5) is 3.95. The molecule has 1 saturated carbocycles. The number of aryl methyl sites for hydroxylation is 1. The largest absolute Gasteiger partial charge is 0.252 e. The van der Waals surface area contributed by atoms with Crippen molar-refractivity contribution in [3.05, 3.63) is 10.2 Å². The van der Waals surface area contributed by atoms with E-state index in [4.69, 9.17) is 11.6 Å². The number of aromatic nitrogens is 1. The number of nitrogens with zero attached hydrogens (tertiary/aromatic N) is 1. The molecule has 1 aliphatic carbocycles. The summed E-state index contributed by atoms with van der Waals surface area (Å²) in [5.74, 6) is 0. The second kappa shape index (κ2) is 5.89. The smallest absolute Gasteiger partial charge is 0.229 e. The maximum absolute atomic E-state index is 12.3. The number of hydrogen-bond donors (Lipinski definition) is 1. The van der Waals surface area contributed by atoms with Crippen molar-refractivity contribution in [3.8, 4) is 0 Å². The minimum absolute atomic E-state index is 0.0510. The van der Waals surface area contributed by atoms with E-state index in [1.807, 2.05) is 0 Å². The Balaban J connectivity index is 2.12. The molecule has 0 aromatic carbocycles. The molecule has 0 saturated heterocycles. The number of nitrogens with one attached hydrogen (secondary N) is 1. The second-order valence-corrected chi connectivity index (χ2v) is 9.58. The molecule has 0 aliphatic heterocycles. The third kappa shape index (κ3) is 3.44. The van der Waals surface area contributed by atoms with Crippen LogP contribution in [0, 0.1) is 6.92 Å². The predicted octanol–water partition coefficient (Wildman–Crippen LogP) is 3.06. The van der Waals surface area contributed by atoms with Gasteiger partial charge in [0.25, 0.3) is 10.0 Å². The van der Waals surface area contributed by atoms with Gasteiger partial charge in [0, 0.05) is 11.3 Å². The fourth-order valence-corrected chi connectivity index (χ4v) is 6.28. The van der Waals surface area contributed by atoms with E-state index in [1.54, 1.807) is 18.7 Å². The second-order valence-electron chi connectivity index (χ2n) is 4.76. The first kappa shape index (κ1) is 15.6. The van der Waals surface area contributed by atoms with Gasteiger partial charge in [-0.1, -0.05) is 35.8 Å². The molecule has 8 heteroatoms. The molecule has 2 rings (SSSR count). The molecule has 0 unspecified atom stereocenters. The lowest BCUT2D eigenvalue weighted by Crippen LogP contribution is -2.38. The Morgan fingerprint density at radius 2 is 2.11 bits per heavy atom. The maximum Gasteiger partial charge on any atom is 0.252 e. The Kier molecular flexibility index (Phi) is 4.83. The van der Waals surface area contributed by atoms with E-state index in [9.17, 15) is 8.42 Å². The SMILES string of the molecule is CSC1(CNS(=O)(=O)c2sc(Cl)nc2C)CCCC1. The Bertz CT molecular complexity index is 550. The van der Waals surface area contributed by atoms with Crippen LogP contribution in [0.4, 0.5) is 0 Å².